The minimum Gasteiger partial charge on any atom is -0.481 e. The molecule has 0 radical (unpaired) electrons. The highest BCUT2D eigenvalue weighted by atomic mass is 16.4. The van der Waals surface area contributed by atoms with Crippen LogP contribution in [0.25, 0.3) is 0 Å². The molecule has 1 fully saturated rings. The van der Waals surface area contributed by atoms with E-state index in [0.29, 0.717) is 19.5 Å². The van der Waals surface area contributed by atoms with Crippen LogP contribution in [0, 0.1) is 11.8 Å². The molecule has 0 bridgehead atoms. The summed E-state index contributed by atoms with van der Waals surface area (Å²) in [5, 5.41) is 12.3. The molecule has 3 atom stereocenters. The largest absolute Gasteiger partial charge is 0.481 e. The second-order valence-corrected chi connectivity index (χ2v) is 6.52. The van der Waals surface area contributed by atoms with Crippen molar-refractivity contribution >= 4 is 12.0 Å². The first kappa shape index (κ1) is 14.9. The number of hydrogen-bond acceptors (Lipinski definition) is 2. The summed E-state index contributed by atoms with van der Waals surface area (Å²) < 4.78 is 0. The molecule has 0 aromatic heterocycles. The number of likely N-dealkylation sites (tertiary alicyclic amines) is 1. The number of aliphatic carboxylic acids is 1. The summed E-state index contributed by atoms with van der Waals surface area (Å²) >= 11 is 0. The van der Waals surface area contributed by atoms with E-state index in [1.807, 2.05) is 19.1 Å². The van der Waals surface area contributed by atoms with E-state index in [1.165, 1.54) is 11.1 Å². The van der Waals surface area contributed by atoms with Crippen LogP contribution in [0.15, 0.2) is 24.3 Å². The van der Waals surface area contributed by atoms with Gasteiger partial charge in [-0.15, -0.1) is 0 Å². The van der Waals surface area contributed by atoms with Gasteiger partial charge in [0.15, 0.2) is 0 Å². The lowest BCUT2D eigenvalue weighted by Gasteiger charge is -2.35. The van der Waals surface area contributed by atoms with Gasteiger partial charge in [0.1, 0.15) is 0 Å². The van der Waals surface area contributed by atoms with Crippen molar-refractivity contribution in [2.75, 3.05) is 13.1 Å². The number of aryl methyl sites for hydroxylation is 1. The fourth-order valence-corrected chi connectivity index (χ4v) is 3.64. The summed E-state index contributed by atoms with van der Waals surface area (Å²) in [6.07, 6.45) is 2.54. The van der Waals surface area contributed by atoms with Gasteiger partial charge in [-0.2, -0.15) is 0 Å². The van der Waals surface area contributed by atoms with Crippen LogP contribution in [-0.2, 0) is 11.2 Å². The quantitative estimate of drug-likeness (QED) is 0.881. The van der Waals surface area contributed by atoms with E-state index >= 15 is 0 Å². The van der Waals surface area contributed by atoms with Crippen LogP contribution < -0.4 is 5.32 Å². The van der Waals surface area contributed by atoms with Crippen molar-refractivity contribution in [2.45, 2.75) is 32.2 Å². The molecule has 2 N–H and O–H groups in total. The molecule has 118 valence electrons. The lowest BCUT2D eigenvalue weighted by Crippen LogP contribution is -2.50. The van der Waals surface area contributed by atoms with Crippen molar-refractivity contribution in [3.05, 3.63) is 35.4 Å². The highest BCUT2D eigenvalue weighted by molar-refractivity contribution is 5.77. The molecule has 3 unspecified atom stereocenters. The first-order valence-electron chi connectivity index (χ1n) is 7.90. The summed E-state index contributed by atoms with van der Waals surface area (Å²) in [5.41, 5.74) is 2.49. The fourth-order valence-electron chi connectivity index (χ4n) is 3.64. The third-order valence-corrected chi connectivity index (χ3v) is 4.73. The third-order valence-electron chi connectivity index (χ3n) is 4.73. The molecular formula is C17H22N2O3. The van der Waals surface area contributed by atoms with Gasteiger partial charge in [0, 0.05) is 13.1 Å². The molecule has 0 spiro atoms. The van der Waals surface area contributed by atoms with E-state index in [9.17, 15) is 14.7 Å². The number of carbonyl (C=O) groups excluding carboxylic acids is 1. The van der Waals surface area contributed by atoms with E-state index in [4.69, 9.17) is 0 Å². The Balaban J connectivity index is 1.66. The minimum atomic E-state index is -0.810. The average molecular weight is 302 g/mol. The molecule has 1 aromatic rings. The Morgan fingerprint density at radius 3 is 2.82 bits per heavy atom. The zero-order chi connectivity index (χ0) is 15.7. The maximum atomic E-state index is 12.5. The molecular weight excluding hydrogens is 280 g/mol. The van der Waals surface area contributed by atoms with Crippen LogP contribution in [-0.4, -0.2) is 35.1 Å². The number of carboxylic acid groups (broad SMARTS) is 1. The molecule has 1 aliphatic carbocycles. The van der Waals surface area contributed by atoms with Gasteiger partial charge in [-0.05, 0) is 36.3 Å². The number of urea groups is 1. The molecule has 2 amide bonds. The van der Waals surface area contributed by atoms with Crippen LogP contribution >= 0.6 is 0 Å². The Hall–Kier alpha value is -2.04. The Kier molecular flexibility index (Phi) is 4.05. The summed E-state index contributed by atoms with van der Waals surface area (Å²) in [6, 6.07) is 8.08. The Morgan fingerprint density at radius 2 is 2.05 bits per heavy atom. The van der Waals surface area contributed by atoms with Crippen molar-refractivity contribution in [3.63, 3.8) is 0 Å². The van der Waals surface area contributed by atoms with Crippen LogP contribution in [0.4, 0.5) is 4.79 Å². The minimum absolute atomic E-state index is 0.0456. The Morgan fingerprint density at radius 1 is 1.27 bits per heavy atom. The predicted molar refractivity (Wildman–Crippen MR) is 82.5 cm³/mol. The average Bonchev–Trinajstić information content (AvgIpc) is 2.90. The van der Waals surface area contributed by atoms with E-state index in [2.05, 4.69) is 17.4 Å². The number of piperidine rings is 1. The molecule has 1 aliphatic heterocycles. The van der Waals surface area contributed by atoms with Gasteiger partial charge in [0.05, 0.1) is 12.0 Å². The zero-order valence-electron chi connectivity index (χ0n) is 12.8. The second kappa shape index (κ2) is 5.99. The SMILES string of the molecule is CC1CC(C(=O)O)CN(C(=O)NC2CCc3ccccc32)C1. The summed E-state index contributed by atoms with van der Waals surface area (Å²) in [7, 11) is 0. The van der Waals surface area contributed by atoms with Gasteiger partial charge in [-0.25, -0.2) is 4.79 Å². The number of hydrogen-bond donors (Lipinski definition) is 2. The molecule has 3 rings (SSSR count). The maximum Gasteiger partial charge on any atom is 0.317 e. The summed E-state index contributed by atoms with van der Waals surface area (Å²) in [5.74, 6) is -1.04. The van der Waals surface area contributed by atoms with Crippen LogP contribution in [0.1, 0.15) is 36.9 Å². The van der Waals surface area contributed by atoms with Gasteiger partial charge in [-0.1, -0.05) is 31.2 Å². The van der Waals surface area contributed by atoms with Crippen molar-refractivity contribution < 1.29 is 14.7 Å². The zero-order valence-corrected chi connectivity index (χ0v) is 12.8. The summed E-state index contributed by atoms with van der Waals surface area (Å²) in [6.45, 7) is 2.93. The van der Waals surface area contributed by atoms with E-state index in [-0.39, 0.29) is 18.0 Å². The first-order valence-corrected chi connectivity index (χ1v) is 7.90. The number of amides is 2. The van der Waals surface area contributed by atoms with E-state index in [0.717, 1.165) is 12.8 Å². The second-order valence-electron chi connectivity index (χ2n) is 6.52. The van der Waals surface area contributed by atoms with Crippen molar-refractivity contribution in [1.29, 1.82) is 0 Å². The molecule has 1 heterocycles. The van der Waals surface area contributed by atoms with Gasteiger partial charge in [0.2, 0.25) is 0 Å². The van der Waals surface area contributed by atoms with E-state index in [1.54, 1.807) is 4.90 Å². The molecule has 2 aliphatic rings. The van der Waals surface area contributed by atoms with Gasteiger partial charge >= 0.3 is 12.0 Å². The van der Waals surface area contributed by atoms with Crippen molar-refractivity contribution in [3.8, 4) is 0 Å². The number of rotatable bonds is 2. The third kappa shape index (κ3) is 2.93. The number of nitrogens with one attached hydrogen (secondary N) is 1. The highest BCUT2D eigenvalue weighted by Gasteiger charge is 2.33. The van der Waals surface area contributed by atoms with E-state index < -0.39 is 11.9 Å². The molecule has 22 heavy (non-hydrogen) atoms. The standard InChI is InChI=1S/C17H22N2O3/c1-11-8-13(16(20)21)10-19(9-11)17(22)18-15-7-6-12-4-2-3-5-14(12)15/h2-5,11,13,15H,6-10H2,1H3,(H,18,22)(H,20,21). The van der Waals surface area contributed by atoms with Crippen LogP contribution in [0.3, 0.4) is 0 Å². The Bertz CT molecular complexity index is 587. The van der Waals surface area contributed by atoms with Gasteiger partial charge in [0.25, 0.3) is 0 Å². The predicted octanol–water partition coefficient (Wildman–Crippen LogP) is 2.43. The van der Waals surface area contributed by atoms with Crippen molar-refractivity contribution in [2.24, 2.45) is 11.8 Å². The monoisotopic (exact) mass is 302 g/mol. The molecule has 5 nitrogen and oxygen atoms in total. The lowest BCUT2D eigenvalue weighted by molar-refractivity contribution is -0.143. The maximum absolute atomic E-state index is 12.5. The molecule has 5 heteroatoms. The highest BCUT2D eigenvalue weighted by Crippen LogP contribution is 2.31. The summed E-state index contributed by atoms with van der Waals surface area (Å²) in [4.78, 5) is 25.4. The smallest absolute Gasteiger partial charge is 0.317 e. The first-order chi connectivity index (χ1) is 10.5. The number of benzene rings is 1. The Labute approximate surface area is 130 Å². The number of fused-ring (bicyclic) bond motifs is 1. The number of carbonyl (C=O) groups is 2. The number of nitrogens with zero attached hydrogens (tertiary/aromatic N) is 1. The number of carboxylic acids is 1. The van der Waals surface area contributed by atoms with Crippen molar-refractivity contribution in [1.82, 2.24) is 10.2 Å². The van der Waals surface area contributed by atoms with Gasteiger partial charge in [-0.3, -0.25) is 4.79 Å². The van der Waals surface area contributed by atoms with Crippen LogP contribution in [0.5, 0.6) is 0 Å². The lowest BCUT2D eigenvalue weighted by atomic mass is 9.91. The normalized spacial score (nSPS) is 27.3. The van der Waals surface area contributed by atoms with Gasteiger partial charge < -0.3 is 15.3 Å². The topological polar surface area (TPSA) is 69.6 Å². The molecule has 1 aromatic carbocycles. The fraction of sp³-hybridized carbons (Fsp3) is 0.529. The van der Waals surface area contributed by atoms with Crippen LogP contribution in [0.2, 0.25) is 0 Å². The molecule has 1 saturated heterocycles. The molecule has 0 saturated carbocycles.